The zero-order valence-corrected chi connectivity index (χ0v) is 8.76. The molecular weight excluding hydrogens is 172 g/mol. The van der Waals surface area contributed by atoms with Crippen LogP contribution in [0.25, 0.3) is 11.3 Å². The standard InChI is InChI=1S/C12H14N2/c1-8-6-10(3)11(7-9(8)2)12-4-5-13-14-12/h4-7H,1-3H3,(H,13,14). The van der Waals surface area contributed by atoms with E-state index in [1.165, 1.54) is 22.3 Å². The predicted octanol–water partition coefficient (Wildman–Crippen LogP) is 3.00. The van der Waals surface area contributed by atoms with E-state index in [2.05, 4.69) is 43.1 Å². The smallest absolute Gasteiger partial charge is 0.0652 e. The second-order valence-electron chi connectivity index (χ2n) is 3.72. The minimum atomic E-state index is 1.09. The molecule has 1 N–H and O–H groups in total. The van der Waals surface area contributed by atoms with Crippen LogP contribution in [0, 0.1) is 20.8 Å². The van der Waals surface area contributed by atoms with Crippen LogP contribution in [0.5, 0.6) is 0 Å². The molecule has 2 rings (SSSR count). The van der Waals surface area contributed by atoms with Crippen LogP contribution in [-0.4, -0.2) is 10.2 Å². The van der Waals surface area contributed by atoms with E-state index >= 15 is 0 Å². The Hall–Kier alpha value is -1.57. The SMILES string of the molecule is Cc1cc(C)c(-c2ccn[nH]2)cc1C. The molecule has 0 aliphatic carbocycles. The van der Waals surface area contributed by atoms with Crippen molar-refractivity contribution in [2.45, 2.75) is 20.8 Å². The lowest BCUT2D eigenvalue weighted by molar-refractivity contribution is 1.09. The molecule has 0 aliphatic rings. The first-order chi connectivity index (χ1) is 6.68. The number of hydrogen-bond donors (Lipinski definition) is 1. The van der Waals surface area contributed by atoms with E-state index in [-0.39, 0.29) is 0 Å². The van der Waals surface area contributed by atoms with Crippen molar-refractivity contribution in [3.8, 4) is 11.3 Å². The molecule has 0 radical (unpaired) electrons. The average molecular weight is 186 g/mol. The molecular formula is C12H14N2. The number of rotatable bonds is 1. The summed E-state index contributed by atoms with van der Waals surface area (Å²) in [6, 6.07) is 6.42. The Balaban J connectivity index is 2.60. The van der Waals surface area contributed by atoms with Gasteiger partial charge in [0.25, 0.3) is 0 Å². The summed E-state index contributed by atoms with van der Waals surface area (Å²) >= 11 is 0. The highest BCUT2D eigenvalue weighted by Crippen LogP contribution is 2.24. The lowest BCUT2D eigenvalue weighted by atomic mass is 9.99. The van der Waals surface area contributed by atoms with Gasteiger partial charge in [0.1, 0.15) is 0 Å². The van der Waals surface area contributed by atoms with Gasteiger partial charge in [0.05, 0.1) is 5.69 Å². The van der Waals surface area contributed by atoms with Gasteiger partial charge in [0, 0.05) is 11.8 Å². The van der Waals surface area contributed by atoms with E-state index in [0.717, 1.165) is 5.69 Å². The number of H-pyrrole nitrogens is 1. The first-order valence-electron chi connectivity index (χ1n) is 4.76. The highest BCUT2D eigenvalue weighted by atomic mass is 15.1. The van der Waals surface area contributed by atoms with Gasteiger partial charge in [-0.1, -0.05) is 6.07 Å². The highest BCUT2D eigenvalue weighted by Gasteiger charge is 2.04. The van der Waals surface area contributed by atoms with Crippen molar-refractivity contribution in [2.24, 2.45) is 0 Å². The molecule has 14 heavy (non-hydrogen) atoms. The van der Waals surface area contributed by atoms with Crippen LogP contribution in [-0.2, 0) is 0 Å². The molecule has 2 aromatic rings. The monoisotopic (exact) mass is 186 g/mol. The van der Waals surface area contributed by atoms with Gasteiger partial charge in [-0.25, -0.2) is 0 Å². The number of benzene rings is 1. The zero-order chi connectivity index (χ0) is 10.1. The van der Waals surface area contributed by atoms with Crippen molar-refractivity contribution in [2.75, 3.05) is 0 Å². The Morgan fingerprint density at radius 1 is 1.00 bits per heavy atom. The Kier molecular flexibility index (Phi) is 2.12. The molecule has 0 aliphatic heterocycles. The van der Waals surface area contributed by atoms with Crippen LogP contribution >= 0.6 is 0 Å². The Labute approximate surface area is 84.0 Å². The molecule has 72 valence electrons. The predicted molar refractivity (Wildman–Crippen MR) is 58.2 cm³/mol. The first-order valence-corrected chi connectivity index (χ1v) is 4.76. The lowest BCUT2D eigenvalue weighted by Gasteiger charge is -2.07. The largest absolute Gasteiger partial charge is 0.278 e. The van der Waals surface area contributed by atoms with Crippen LogP contribution in [0.3, 0.4) is 0 Å². The summed E-state index contributed by atoms with van der Waals surface area (Å²) in [6.07, 6.45) is 1.78. The summed E-state index contributed by atoms with van der Waals surface area (Å²) in [4.78, 5) is 0. The Morgan fingerprint density at radius 2 is 1.71 bits per heavy atom. The van der Waals surface area contributed by atoms with E-state index in [9.17, 15) is 0 Å². The molecule has 0 fully saturated rings. The normalized spacial score (nSPS) is 10.5. The van der Waals surface area contributed by atoms with Crippen LogP contribution in [0.4, 0.5) is 0 Å². The summed E-state index contributed by atoms with van der Waals surface area (Å²) in [5, 5.41) is 6.96. The van der Waals surface area contributed by atoms with Gasteiger partial charge in [0.15, 0.2) is 0 Å². The number of aryl methyl sites for hydroxylation is 3. The van der Waals surface area contributed by atoms with E-state index in [1.807, 2.05) is 6.07 Å². The Bertz CT molecular complexity index is 442. The van der Waals surface area contributed by atoms with E-state index < -0.39 is 0 Å². The lowest BCUT2D eigenvalue weighted by Crippen LogP contribution is -1.88. The first kappa shape index (κ1) is 9.00. The van der Waals surface area contributed by atoms with Crippen molar-refractivity contribution in [1.82, 2.24) is 10.2 Å². The molecule has 0 atom stereocenters. The summed E-state index contributed by atoms with van der Waals surface area (Å²) in [5.74, 6) is 0. The zero-order valence-electron chi connectivity index (χ0n) is 8.76. The second-order valence-corrected chi connectivity index (χ2v) is 3.72. The van der Waals surface area contributed by atoms with Crippen molar-refractivity contribution in [3.63, 3.8) is 0 Å². The van der Waals surface area contributed by atoms with Crippen LogP contribution < -0.4 is 0 Å². The summed E-state index contributed by atoms with van der Waals surface area (Å²) in [7, 11) is 0. The number of hydrogen-bond acceptors (Lipinski definition) is 1. The van der Waals surface area contributed by atoms with E-state index in [1.54, 1.807) is 6.20 Å². The fraction of sp³-hybridized carbons (Fsp3) is 0.250. The van der Waals surface area contributed by atoms with Gasteiger partial charge in [-0.05, 0) is 49.6 Å². The molecule has 0 saturated carbocycles. The second kappa shape index (κ2) is 3.29. The third kappa shape index (κ3) is 1.43. The number of aromatic nitrogens is 2. The summed E-state index contributed by atoms with van der Waals surface area (Å²) < 4.78 is 0. The van der Waals surface area contributed by atoms with Crippen LogP contribution in [0.1, 0.15) is 16.7 Å². The van der Waals surface area contributed by atoms with E-state index in [0.29, 0.717) is 0 Å². The Morgan fingerprint density at radius 3 is 2.36 bits per heavy atom. The maximum absolute atomic E-state index is 3.97. The minimum absolute atomic E-state index is 1.09. The summed E-state index contributed by atoms with van der Waals surface area (Å²) in [6.45, 7) is 6.40. The molecule has 1 heterocycles. The number of nitrogens with zero attached hydrogens (tertiary/aromatic N) is 1. The third-order valence-corrected chi connectivity index (χ3v) is 2.63. The molecule has 1 aromatic heterocycles. The molecule has 0 saturated heterocycles. The highest BCUT2D eigenvalue weighted by molar-refractivity contribution is 5.64. The third-order valence-electron chi connectivity index (χ3n) is 2.63. The van der Waals surface area contributed by atoms with E-state index in [4.69, 9.17) is 0 Å². The fourth-order valence-electron chi connectivity index (χ4n) is 1.66. The average Bonchev–Trinajstić information content (AvgIpc) is 2.64. The maximum Gasteiger partial charge on any atom is 0.0652 e. The molecule has 0 amide bonds. The summed E-state index contributed by atoms with van der Waals surface area (Å²) in [5.41, 5.74) is 6.28. The molecule has 0 spiro atoms. The van der Waals surface area contributed by atoms with Crippen molar-refractivity contribution >= 4 is 0 Å². The molecule has 2 nitrogen and oxygen atoms in total. The van der Waals surface area contributed by atoms with Gasteiger partial charge in [-0.3, -0.25) is 5.10 Å². The van der Waals surface area contributed by atoms with Gasteiger partial charge < -0.3 is 0 Å². The molecule has 1 aromatic carbocycles. The topological polar surface area (TPSA) is 28.7 Å². The minimum Gasteiger partial charge on any atom is -0.278 e. The van der Waals surface area contributed by atoms with Gasteiger partial charge in [-0.2, -0.15) is 5.10 Å². The molecule has 0 bridgehead atoms. The number of aromatic amines is 1. The maximum atomic E-state index is 3.97. The van der Waals surface area contributed by atoms with Gasteiger partial charge in [-0.15, -0.1) is 0 Å². The van der Waals surface area contributed by atoms with Crippen LogP contribution in [0.2, 0.25) is 0 Å². The van der Waals surface area contributed by atoms with Crippen LogP contribution in [0.15, 0.2) is 24.4 Å². The number of nitrogens with one attached hydrogen (secondary N) is 1. The van der Waals surface area contributed by atoms with Gasteiger partial charge in [0.2, 0.25) is 0 Å². The molecule has 2 heteroatoms. The van der Waals surface area contributed by atoms with Crippen molar-refractivity contribution in [3.05, 3.63) is 41.1 Å². The molecule has 0 unspecified atom stereocenters. The van der Waals surface area contributed by atoms with Crippen molar-refractivity contribution < 1.29 is 0 Å². The quantitative estimate of drug-likeness (QED) is 0.728. The van der Waals surface area contributed by atoms with Crippen molar-refractivity contribution in [1.29, 1.82) is 0 Å². The fourth-order valence-corrected chi connectivity index (χ4v) is 1.66. The van der Waals surface area contributed by atoms with Gasteiger partial charge >= 0.3 is 0 Å².